The van der Waals surface area contributed by atoms with Gasteiger partial charge in [0.2, 0.25) is 5.82 Å². The number of hydrogen-bond acceptors (Lipinski definition) is 6. The molecule has 0 spiro atoms. The third-order valence-corrected chi connectivity index (χ3v) is 5.50. The van der Waals surface area contributed by atoms with E-state index < -0.39 is 0 Å². The Kier molecular flexibility index (Phi) is 4.54. The molecule has 0 amide bonds. The lowest BCUT2D eigenvalue weighted by atomic mass is 10.1. The van der Waals surface area contributed by atoms with E-state index in [1.54, 1.807) is 22.7 Å². The molecule has 1 aromatic carbocycles. The maximum atomic E-state index is 5.30. The van der Waals surface area contributed by atoms with Gasteiger partial charge in [0.25, 0.3) is 5.89 Å². The van der Waals surface area contributed by atoms with Crippen molar-refractivity contribution >= 4 is 34.8 Å². The van der Waals surface area contributed by atoms with Gasteiger partial charge >= 0.3 is 0 Å². The zero-order valence-corrected chi connectivity index (χ0v) is 15.2. The summed E-state index contributed by atoms with van der Waals surface area (Å²) < 4.78 is 5.30. The lowest BCUT2D eigenvalue weighted by Gasteiger charge is -1.98. The molecule has 0 unspecified atom stereocenters. The van der Waals surface area contributed by atoms with Gasteiger partial charge in [0.1, 0.15) is 0 Å². The first-order valence-electron chi connectivity index (χ1n) is 7.92. The summed E-state index contributed by atoms with van der Waals surface area (Å²) in [4.78, 5) is 10.2. The van der Waals surface area contributed by atoms with Gasteiger partial charge in [-0.2, -0.15) is 4.98 Å². The number of hydrogen-bond donors (Lipinski definition) is 0. The number of aromatic nitrogens is 3. The highest BCUT2D eigenvalue weighted by molar-refractivity contribution is 7.11. The van der Waals surface area contributed by atoms with Gasteiger partial charge in [-0.05, 0) is 23.9 Å². The number of benzene rings is 1. The van der Waals surface area contributed by atoms with E-state index in [2.05, 4.69) is 27.4 Å². The number of nitrogens with zero attached hydrogens (tertiary/aromatic N) is 3. The van der Waals surface area contributed by atoms with Crippen LogP contribution in [0.3, 0.4) is 0 Å². The monoisotopic (exact) mass is 365 g/mol. The maximum absolute atomic E-state index is 5.30. The molecule has 0 atom stereocenters. The average molecular weight is 365 g/mol. The summed E-state index contributed by atoms with van der Waals surface area (Å²) >= 11 is 3.36. The van der Waals surface area contributed by atoms with Crippen LogP contribution in [0.2, 0.25) is 0 Å². The lowest BCUT2D eigenvalue weighted by Crippen LogP contribution is -1.83. The Morgan fingerprint density at radius 1 is 1.00 bits per heavy atom. The Bertz CT molecular complexity index is 982. The highest BCUT2D eigenvalue weighted by Crippen LogP contribution is 2.25. The van der Waals surface area contributed by atoms with E-state index >= 15 is 0 Å². The molecule has 3 aromatic heterocycles. The van der Waals surface area contributed by atoms with Crippen molar-refractivity contribution < 1.29 is 4.52 Å². The highest BCUT2D eigenvalue weighted by Gasteiger charge is 2.08. The van der Waals surface area contributed by atoms with E-state index in [0.717, 1.165) is 33.1 Å². The summed E-state index contributed by atoms with van der Waals surface area (Å²) in [6.45, 7) is 2.12. The predicted octanol–water partition coefficient (Wildman–Crippen LogP) is 5.65. The predicted molar refractivity (Wildman–Crippen MR) is 103 cm³/mol. The van der Waals surface area contributed by atoms with Crippen LogP contribution in [0.5, 0.6) is 0 Å². The second kappa shape index (κ2) is 7.13. The van der Waals surface area contributed by atoms with Gasteiger partial charge in [-0.1, -0.05) is 42.4 Å². The SMILES string of the molecule is CCc1nc(-c2ccc(-c3noc(C=Cc4cccs4)n3)cc2)cs1. The van der Waals surface area contributed by atoms with Crippen LogP contribution >= 0.6 is 22.7 Å². The van der Waals surface area contributed by atoms with Gasteiger partial charge in [0.15, 0.2) is 0 Å². The van der Waals surface area contributed by atoms with Crippen molar-refractivity contribution in [3.05, 3.63) is 62.9 Å². The Morgan fingerprint density at radius 2 is 1.84 bits per heavy atom. The molecule has 0 N–H and O–H groups in total. The zero-order chi connectivity index (χ0) is 17.1. The Hall–Kier alpha value is -2.57. The standard InChI is InChI=1S/C19H15N3OS2/c1-2-18-20-16(12-25-18)13-5-7-14(8-6-13)19-21-17(23-22-19)10-9-15-4-3-11-24-15/h3-12H,2H2,1H3. The summed E-state index contributed by atoms with van der Waals surface area (Å²) in [7, 11) is 0. The molecule has 6 heteroatoms. The normalized spacial score (nSPS) is 11.4. The van der Waals surface area contributed by atoms with Crippen LogP contribution in [0.25, 0.3) is 34.8 Å². The molecule has 124 valence electrons. The van der Waals surface area contributed by atoms with Crippen molar-refractivity contribution in [2.75, 3.05) is 0 Å². The van der Waals surface area contributed by atoms with Crippen LogP contribution in [0.15, 0.2) is 51.7 Å². The Labute approximate surface area is 153 Å². The molecule has 0 fully saturated rings. The molecule has 0 aliphatic heterocycles. The lowest BCUT2D eigenvalue weighted by molar-refractivity contribution is 0.411. The second-order valence-corrected chi connectivity index (χ2v) is 7.28. The smallest absolute Gasteiger partial charge is 0.250 e. The number of rotatable bonds is 5. The molecule has 3 heterocycles. The third kappa shape index (κ3) is 3.60. The van der Waals surface area contributed by atoms with E-state index in [-0.39, 0.29) is 0 Å². The van der Waals surface area contributed by atoms with Crippen molar-refractivity contribution in [3.63, 3.8) is 0 Å². The number of aryl methyl sites for hydroxylation is 1. The van der Waals surface area contributed by atoms with Gasteiger partial charge in [-0.15, -0.1) is 22.7 Å². The summed E-state index contributed by atoms with van der Waals surface area (Å²) in [5.74, 6) is 1.09. The fourth-order valence-electron chi connectivity index (χ4n) is 2.36. The van der Waals surface area contributed by atoms with Crippen LogP contribution in [0.4, 0.5) is 0 Å². The molecular formula is C19H15N3OS2. The van der Waals surface area contributed by atoms with Crippen LogP contribution in [0, 0.1) is 0 Å². The van der Waals surface area contributed by atoms with Crippen LogP contribution in [-0.4, -0.2) is 15.1 Å². The van der Waals surface area contributed by atoms with Crippen LogP contribution in [0.1, 0.15) is 22.7 Å². The zero-order valence-electron chi connectivity index (χ0n) is 13.5. The molecule has 25 heavy (non-hydrogen) atoms. The molecule has 0 bridgehead atoms. The first kappa shape index (κ1) is 15.9. The summed E-state index contributed by atoms with van der Waals surface area (Å²) in [5.41, 5.74) is 3.04. The molecule has 4 nitrogen and oxygen atoms in total. The van der Waals surface area contributed by atoms with Crippen LogP contribution < -0.4 is 0 Å². The summed E-state index contributed by atoms with van der Waals surface area (Å²) in [5, 5.41) is 9.34. The fraction of sp³-hybridized carbons (Fsp3) is 0.105. The van der Waals surface area contributed by atoms with Gasteiger partial charge in [0.05, 0.1) is 10.7 Å². The Balaban J connectivity index is 1.52. The molecular weight excluding hydrogens is 350 g/mol. The third-order valence-electron chi connectivity index (χ3n) is 3.67. The molecule has 0 aliphatic carbocycles. The first-order valence-corrected chi connectivity index (χ1v) is 9.68. The van der Waals surface area contributed by atoms with E-state index in [1.807, 2.05) is 53.9 Å². The van der Waals surface area contributed by atoms with E-state index in [4.69, 9.17) is 4.52 Å². The summed E-state index contributed by atoms with van der Waals surface area (Å²) in [6.07, 6.45) is 4.77. The van der Waals surface area contributed by atoms with Gasteiger partial charge in [-0.3, -0.25) is 0 Å². The van der Waals surface area contributed by atoms with Crippen molar-refractivity contribution in [2.45, 2.75) is 13.3 Å². The Morgan fingerprint density at radius 3 is 2.56 bits per heavy atom. The van der Waals surface area contributed by atoms with E-state index in [9.17, 15) is 0 Å². The molecule has 4 rings (SSSR count). The second-order valence-electron chi connectivity index (χ2n) is 5.36. The van der Waals surface area contributed by atoms with E-state index in [1.165, 1.54) is 0 Å². The van der Waals surface area contributed by atoms with Crippen molar-refractivity contribution in [3.8, 4) is 22.6 Å². The van der Waals surface area contributed by atoms with Crippen molar-refractivity contribution in [1.29, 1.82) is 0 Å². The fourth-order valence-corrected chi connectivity index (χ4v) is 3.73. The minimum Gasteiger partial charge on any atom is -0.334 e. The molecule has 4 aromatic rings. The minimum atomic E-state index is 0.500. The average Bonchev–Trinajstić information content (AvgIpc) is 3.41. The van der Waals surface area contributed by atoms with Gasteiger partial charge in [-0.25, -0.2) is 4.98 Å². The topological polar surface area (TPSA) is 51.8 Å². The van der Waals surface area contributed by atoms with Crippen molar-refractivity contribution in [2.24, 2.45) is 0 Å². The largest absolute Gasteiger partial charge is 0.334 e. The molecule has 0 radical (unpaired) electrons. The quantitative estimate of drug-likeness (QED) is 0.458. The first-order chi connectivity index (χ1) is 12.3. The number of thiophene rings is 1. The van der Waals surface area contributed by atoms with E-state index in [0.29, 0.717) is 11.7 Å². The van der Waals surface area contributed by atoms with Crippen LogP contribution in [-0.2, 0) is 6.42 Å². The van der Waals surface area contributed by atoms with Crippen molar-refractivity contribution in [1.82, 2.24) is 15.1 Å². The molecule has 0 saturated heterocycles. The van der Waals surface area contributed by atoms with Gasteiger partial charge in [0, 0.05) is 27.5 Å². The molecule has 0 saturated carbocycles. The maximum Gasteiger partial charge on any atom is 0.250 e. The molecule has 0 aliphatic rings. The van der Waals surface area contributed by atoms with Gasteiger partial charge < -0.3 is 4.52 Å². The summed E-state index contributed by atoms with van der Waals surface area (Å²) in [6, 6.07) is 12.1. The number of thiazole rings is 1. The minimum absolute atomic E-state index is 0.500. The highest BCUT2D eigenvalue weighted by atomic mass is 32.1.